The number of para-hydroxylation sites is 2. The molecule has 1 amide bonds. The number of hydrogen-bond acceptors (Lipinski definition) is 5. The third-order valence-corrected chi connectivity index (χ3v) is 6.14. The first-order chi connectivity index (χ1) is 15.0. The number of carbonyl (C=O) groups is 1. The van der Waals surface area contributed by atoms with Crippen LogP contribution in [0.25, 0.3) is 10.9 Å². The van der Waals surface area contributed by atoms with E-state index in [1.54, 1.807) is 24.3 Å². The number of pyridine rings is 1. The van der Waals surface area contributed by atoms with Gasteiger partial charge in [0.2, 0.25) is 0 Å². The highest BCUT2D eigenvalue weighted by atomic mass is 79.9. The fraction of sp³-hybridized carbons (Fsp3) is 0.304. The molecule has 8 heteroatoms. The summed E-state index contributed by atoms with van der Waals surface area (Å²) in [5.41, 5.74) is 1.18. The molecule has 4 rings (SSSR count). The number of anilines is 1. The van der Waals surface area contributed by atoms with Gasteiger partial charge in [0.25, 0.3) is 5.91 Å². The maximum Gasteiger partial charge on any atom is 0.274 e. The molecule has 6 nitrogen and oxygen atoms in total. The highest BCUT2D eigenvalue weighted by molar-refractivity contribution is 9.10. The van der Waals surface area contributed by atoms with Gasteiger partial charge in [0, 0.05) is 38.1 Å². The van der Waals surface area contributed by atoms with Crippen molar-refractivity contribution in [2.45, 2.75) is 0 Å². The van der Waals surface area contributed by atoms with E-state index in [4.69, 9.17) is 4.74 Å². The Morgan fingerprint density at radius 2 is 1.87 bits per heavy atom. The topological polar surface area (TPSA) is 57.7 Å². The number of rotatable bonds is 6. The number of ether oxygens (including phenoxy) is 1. The summed E-state index contributed by atoms with van der Waals surface area (Å²) in [4.78, 5) is 21.8. The Balaban J connectivity index is 1.43. The standard InChI is InChI=1S/C23H24BrFN4O2/c1-28-10-12-29(13-11-28)14-15-31-20-5-3-2-4-18(20)27-23(30)19-9-7-16-6-8-17(25)21(24)22(16)26-19/h2-9H,10-15H2,1H3,(H,27,30). The Hall–Kier alpha value is -2.55. The van der Waals surface area contributed by atoms with E-state index in [0.717, 1.165) is 38.1 Å². The summed E-state index contributed by atoms with van der Waals surface area (Å²) in [6, 6.07) is 13.7. The molecule has 1 saturated heterocycles. The molecule has 0 aliphatic carbocycles. The zero-order valence-electron chi connectivity index (χ0n) is 17.3. The van der Waals surface area contributed by atoms with Crippen LogP contribution in [-0.2, 0) is 0 Å². The van der Waals surface area contributed by atoms with Crippen molar-refractivity contribution in [3.8, 4) is 5.75 Å². The van der Waals surface area contributed by atoms with E-state index in [0.29, 0.717) is 23.6 Å². The second kappa shape index (κ2) is 9.72. The van der Waals surface area contributed by atoms with Crippen molar-refractivity contribution in [3.63, 3.8) is 0 Å². The average molecular weight is 487 g/mol. The lowest BCUT2D eigenvalue weighted by Gasteiger charge is -2.32. The summed E-state index contributed by atoms with van der Waals surface area (Å²) in [6.45, 7) is 5.56. The lowest BCUT2D eigenvalue weighted by molar-refractivity contribution is 0.102. The Labute approximate surface area is 189 Å². The molecule has 1 aliphatic rings. The predicted octanol–water partition coefficient (Wildman–Crippen LogP) is 4.01. The molecule has 1 aromatic heterocycles. The summed E-state index contributed by atoms with van der Waals surface area (Å²) in [5, 5.41) is 3.61. The molecule has 2 aromatic carbocycles. The molecule has 0 spiro atoms. The number of hydrogen-bond donors (Lipinski definition) is 1. The van der Waals surface area contributed by atoms with Gasteiger partial charge in [-0.05, 0) is 53.3 Å². The van der Waals surface area contributed by atoms with Crippen LogP contribution in [0.2, 0.25) is 0 Å². The van der Waals surface area contributed by atoms with E-state index >= 15 is 0 Å². The SMILES string of the molecule is CN1CCN(CCOc2ccccc2NC(=O)c2ccc3ccc(F)c(Br)c3n2)CC1. The minimum atomic E-state index is -0.420. The number of aromatic nitrogens is 1. The van der Waals surface area contributed by atoms with E-state index in [2.05, 4.69) is 43.1 Å². The molecule has 0 bridgehead atoms. The fourth-order valence-electron chi connectivity index (χ4n) is 3.49. The molecule has 31 heavy (non-hydrogen) atoms. The van der Waals surface area contributed by atoms with Crippen LogP contribution < -0.4 is 10.1 Å². The summed E-state index contributed by atoms with van der Waals surface area (Å²) >= 11 is 3.21. The molecule has 1 N–H and O–H groups in total. The minimum Gasteiger partial charge on any atom is -0.490 e. The second-order valence-corrected chi connectivity index (χ2v) is 8.37. The molecule has 0 radical (unpaired) electrons. The average Bonchev–Trinajstić information content (AvgIpc) is 2.78. The van der Waals surface area contributed by atoms with E-state index < -0.39 is 5.82 Å². The van der Waals surface area contributed by atoms with Gasteiger partial charge in [0.1, 0.15) is 23.9 Å². The maximum absolute atomic E-state index is 13.8. The molecule has 162 valence electrons. The van der Waals surface area contributed by atoms with Crippen molar-refractivity contribution in [2.75, 3.05) is 51.7 Å². The van der Waals surface area contributed by atoms with Gasteiger partial charge in [-0.3, -0.25) is 9.69 Å². The zero-order chi connectivity index (χ0) is 21.8. The Morgan fingerprint density at radius 3 is 2.68 bits per heavy atom. The first-order valence-corrected chi connectivity index (χ1v) is 11.0. The molecule has 3 aromatic rings. The van der Waals surface area contributed by atoms with Crippen molar-refractivity contribution in [2.24, 2.45) is 0 Å². The fourth-order valence-corrected chi connectivity index (χ4v) is 3.94. The Bertz CT molecular complexity index is 1090. The number of amides is 1. The summed E-state index contributed by atoms with van der Waals surface area (Å²) < 4.78 is 20.0. The van der Waals surface area contributed by atoms with Gasteiger partial charge in [-0.2, -0.15) is 0 Å². The van der Waals surface area contributed by atoms with Crippen LogP contribution in [-0.4, -0.2) is 67.1 Å². The van der Waals surface area contributed by atoms with Gasteiger partial charge < -0.3 is 15.0 Å². The Morgan fingerprint density at radius 1 is 1.13 bits per heavy atom. The second-order valence-electron chi connectivity index (χ2n) is 7.57. The Kier molecular flexibility index (Phi) is 6.80. The third-order valence-electron chi connectivity index (χ3n) is 5.38. The van der Waals surface area contributed by atoms with E-state index in [1.807, 2.05) is 18.2 Å². The summed E-state index contributed by atoms with van der Waals surface area (Å²) in [7, 11) is 2.13. The maximum atomic E-state index is 13.8. The van der Waals surface area contributed by atoms with Crippen molar-refractivity contribution >= 4 is 38.4 Å². The van der Waals surface area contributed by atoms with E-state index in [1.165, 1.54) is 6.07 Å². The number of nitrogens with zero attached hydrogens (tertiary/aromatic N) is 3. The molecule has 0 unspecified atom stereocenters. The summed E-state index contributed by atoms with van der Waals surface area (Å²) in [5.74, 6) is -0.192. The van der Waals surface area contributed by atoms with Gasteiger partial charge in [-0.1, -0.05) is 18.2 Å². The highest BCUT2D eigenvalue weighted by Crippen LogP contribution is 2.27. The number of halogens is 2. The van der Waals surface area contributed by atoms with Gasteiger partial charge in [-0.25, -0.2) is 9.37 Å². The van der Waals surface area contributed by atoms with Crippen LogP contribution in [0, 0.1) is 5.82 Å². The minimum absolute atomic E-state index is 0.200. The molecular weight excluding hydrogens is 463 g/mol. The van der Waals surface area contributed by atoms with Crippen molar-refractivity contribution in [3.05, 3.63) is 64.5 Å². The first kappa shape index (κ1) is 21.7. The number of carbonyl (C=O) groups excluding carboxylic acids is 1. The lowest BCUT2D eigenvalue weighted by Crippen LogP contribution is -2.45. The molecule has 1 aliphatic heterocycles. The normalized spacial score (nSPS) is 15.2. The van der Waals surface area contributed by atoms with Crippen LogP contribution >= 0.6 is 15.9 Å². The lowest BCUT2D eigenvalue weighted by atomic mass is 10.2. The summed E-state index contributed by atoms with van der Waals surface area (Å²) in [6.07, 6.45) is 0. The van der Waals surface area contributed by atoms with Crippen LogP contribution in [0.3, 0.4) is 0 Å². The highest BCUT2D eigenvalue weighted by Gasteiger charge is 2.16. The first-order valence-electron chi connectivity index (χ1n) is 10.2. The van der Waals surface area contributed by atoms with E-state index in [-0.39, 0.29) is 16.1 Å². The third kappa shape index (κ3) is 5.20. The van der Waals surface area contributed by atoms with Gasteiger partial charge in [0.05, 0.1) is 15.7 Å². The number of likely N-dealkylation sites (N-methyl/N-ethyl adjacent to an activating group) is 1. The number of piperazine rings is 1. The number of fused-ring (bicyclic) bond motifs is 1. The zero-order valence-corrected chi connectivity index (χ0v) is 18.9. The van der Waals surface area contributed by atoms with Gasteiger partial charge >= 0.3 is 0 Å². The number of benzene rings is 2. The van der Waals surface area contributed by atoms with Crippen molar-refractivity contribution in [1.82, 2.24) is 14.8 Å². The molecule has 1 fully saturated rings. The van der Waals surface area contributed by atoms with Crippen LogP contribution in [0.1, 0.15) is 10.5 Å². The van der Waals surface area contributed by atoms with Crippen LogP contribution in [0.4, 0.5) is 10.1 Å². The monoisotopic (exact) mass is 486 g/mol. The largest absolute Gasteiger partial charge is 0.490 e. The van der Waals surface area contributed by atoms with Crippen molar-refractivity contribution in [1.29, 1.82) is 0 Å². The molecule has 0 atom stereocenters. The van der Waals surface area contributed by atoms with Crippen LogP contribution in [0.15, 0.2) is 53.0 Å². The number of nitrogens with one attached hydrogen (secondary N) is 1. The predicted molar refractivity (Wildman–Crippen MR) is 123 cm³/mol. The molecule has 2 heterocycles. The van der Waals surface area contributed by atoms with Gasteiger partial charge in [0.15, 0.2) is 0 Å². The van der Waals surface area contributed by atoms with E-state index in [9.17, 15) is 9.18 Å². The molecular formula is C23H24BrFN4O2. The van der Waals surface area contributed by atoms with Crippen LogP contribution in [0.5, 0.6) is 5.75 Å². The smallest absolute Gasteiger partial charge is 0.274 e. The quantitative estimate of drug-likeness (QED) is 0.570. The molecule has 0 saturated carbocycles. The van der Waals surface area contributed by atoms with Gasteiger partial charge in [-0.15, -0.1) is 0 Å². The van der Waals surface area contributed by atoms with Crippen molar-refractivity contribution < 1.29 is 13.9 Å².